The van der Waals surface area contributed by atoms with E-state index < -0.39 is 0 Å². The third-order valence-corrected chi connectivity index (χ3v) is 5.24. The van der Waals surface area contributed by atoms with Crippen LogP contribution in [0.4, 0.5) is 0 Å². The third-order valence-electron chi connectivity index (χ3n) is 3.86. The number of thioether (sulfide) groups is 1. The molecule has 1 saturated heterocycles. The summed E-state index contributed by atoms with van der Waals surface area (Å²) in [5.74, 6) is 0.917. The average Bonchev–Trinajstić information content (AvgIpc) is 2.88. The van der Waals surface area contributed by atoms with Crippen molar-refractivity contribution in [1.82, 2.24) is 4.90 Å². The summed E-state index contributed by atoms with van der Waals surface area (Å²) in [4.78, 5) is 26.0. The molecule has 7 heteroatoms. The van der Waals surface area contributed by atoms with E-state index in [4.69, 9.17) is 21.7 Å². The second-order valence-corrected chi connectivity index (χ2v) is 8.16. The van der Waals surface area contributed by atoms with E-state index in [2.05, 4.69) is 13.8 Å². The van der Waals surface area contributed by atoms with Gasteiger partial charge in [-0.25, -0.2) is 0 Å². The van der Waals surface area contributed by atoms with E-state index in [-0.39, 0.29) is 24.8 Å². The van der Waals surface area contributed by atoms with Crippen LogP contribution in [0.3, 0.4) is 0 Å². The number of ether oxygens (including phenoxy) is 2. The van der Waals surface area contributed by atoms with Crippen LogP contribution in [-0.2, 0) is 14.3 Å². The van der Waals surface area contributed by atoms with Gasteiger partial charge in [0.05, 0.1) is 24.5 Å². The Labute approximate surface area is 170 Å². The Morgan fingerprint density at radius 1 is 1.30 bits per heavy atom. The van der Waals surface area contributed by atoms with E-state index in [0.29, 0.717) is 28.4 Å². The van der Waals surface area contributed by atoms with E-state index in [1.165, 1.54) is 16.7 Å². The number of carbonyl (C=O) groups excluding carboxylic acids is 2. The number of carbonyl (C=O) groups is 2. The molecule has 0 unspecified atom stereocenters. The number of thiocarbonyl (C=S) groups is 1. The zero-order valence-corrected chi connectivity index (χ0v) is 17.5. The molecule has 0 radical (unpaired) electrons. The van der Waals surface area contributed by atoms with Gasteiger partial charge in [0.1, 0.15) is 10.1 Å². The number of esters is 1. The lowest BCUT2D eigenvalue weighted by Crippen LogP contribution is -2.30. The van der Waals surface area contributed by atoms with Crippen molar-refractivity contribution >= 4 is 46.3 Å². The highest BCUT2D eigenvalue weighted by Gasteiger charge is 2.32. The molecule has 0 atom stereocenters. The van der Waals surface area contributed by atoms with Crippen LogP contribution in [0.1, 0.15) is 39.2 Å². The monoisotopic (exact) mass is 407 g/mol. The molecule has 1 amide bonds. The molecule has 0 aliphatic carbocycles. The van der Waals surface area contributed by atoms with Crippen LogP contribution in [0.15, 0.2) is 29.2 Å². The molecular formula is C20H25NO4S2. The van der Waals surface area contributed by atoms with Crippen LogP contribution >= 0.6 is 24.0 Å². The highest BCUT2D eigenvalue weighted by molar-refractivity contribution is 8.26. The molecule has 1 aromatic carbocycles. The molecule has 1 aromatic rings. The number of rotatable bonds is 9. The van der Waals surface area contributed by atoms with Crippen molar-refractivity contribution in [3.05, 3.63) is 34.7 Å². The predicted octanol–water partition coefficient (Wildman–Crippen LogP) is 4.27. The van der Waals surface area contributed by atoms with Crippen LogP contribution in [0.2, 0.25) is 0 Å². The lowest BCUT2D eigenvalue weighted by atomic mass is 10.1. The topological polar surface area (TPSA) is 55.8 Å². The fourth-order valence-corrected chi connectivity index (χ4v) is 3.66. The number of hydrogen-bond donors (Lipinski definition) is 0. The van der Waals surface area contributed by atoms with Crippen molar-refractivity contribution in [2.75, 3.05) is 19.8 Å². The first-order chi connectivity index (χ1) is 12.9. The Morgan fingerprint density at radius 3 is 2.63 bits per heavy atom. The van der Waals surface area contributed by atoms with Crippen molar-refractivity contribution in [2.24, 2.45) is 5.92 Å². The van der Waals surface area contributed by atoms with Crippen LogP contribution in [-0.4, -0.2) is 40.9 Å². The van der Waals surface area contributed by atoms with Crippen molar-refractivity contribution in [3.63, 3.8) is 0 Å². The highest BCUT2D eigenvalue weighted by atomic mass is 32.2. The van der Waals surface area contributed by atoms with Crippen LogP contribution in [0.5, 0.6) is 5.75 Å². The van der Waals surface area contributed by atoms with Crippen LogP contribution in [0.25, 0.3) is 6.08 Å². The van der Waals surface area contributed by atoms with Gasteiger partial charge < -0.3 is 9.47 Å². The van der Waals surface area contributed by atoms with Gasteiger partial charge in [-0.3, -0.25) is 14.5 Å². The molecule has 1 aliphatic rings. The normalized spacial score (nSPS) is 15.7. The van der Waals surface area contributed by atoms with Crippen molar-refractivity contribution < 1.29 is 19.1 Å². The molecule has 0 N–H and O–H groups in total. The molecule has 0 bridgehead atoms. The van der Waals surface area contributed by atoms with E-state index in [1.807, 2.05) is 30.3 Å². The van der Waals surface area contributed by atoms with Gasteiger partial charge >= 0.3 is 5.97 Å². The Bertz CT molecular complexity index is 713. The molecule has 0 spiro atoms. The first kappa shape index (κ1) is 21.4. The van der Waals surface area contributed by atoms with E-state index in [9.17, 15) is 9.59 Å². The van der Waals surface area contributed by atoms with Gasteiger partial charge in [-0.2, -0.15) is 0 Å². The quantitative estimate of drug-likeness (QED) is 0.346. The predicted molar refractivity (Wildman–Crippen MR) is 113 cm³/mol. The number of amides is 1. The average molecular weight is 408 g/mol. The van der Waals surface area contributed by atoms with Crippen molar-refractivity contribution in [3.8, 4) is 5.75 Å². The molecule has 146 valence electrons. The van der Waals surface area contributed by atoms with Crippen molar-refractivity contribution in [1.29, 1.82) is 0 Å². The molecule has 1 aliphatic heterocycles. The smallest absolute Gasteiger partial charge is 0.307 e. The Balaban J connectivity index is 1.95. The first-order valence-electron chi connectivity index (χ1n) is 9.04. The maximum absolute atomic E-state index is 12.5. The third kappa shape index (κ3) is 6.66. The van der Waals surface area contributed by atoms with Gasteiger partial charge in [0.2, 0.25) is 0 Å². The van der Waals surface area contributed by atoms with Crippen LogP contribution in [0, 0.1) is 5.92 Å². The second kappa shape index (κ2) is 10.5. The summed E-state index contributed by atoms with van der Waals surface area (Å²) in [6, 6.07) is 7.62. The molecular weight excluding hydrogens is 382 g/mol. The summed E-state index contributed by atoms with van der Waals surface area (Å²) in [5, 5.41) is 0. The summed E-state index contributed by atoms with van der Waals surface area (Å²) in [7, 11) is 0. The minimum Gasteiger partial charge on any atom is -0.494 e. The van der Waals surface area contributed by atoms with Gasteiger partial charge in [-0.1, -0.05) is 50.0 Å². The molecule has 1 fully saturated rings. The molecule has 1 heterocycles. The molecule has 0 saturated carbocycles. The first-order valence-corrected chi connectivity index (χ1v) is 10.3. The number of hydrogen-bond acceptors (Lipinski definition) is 6. The largest absolute Gasteiger partial charge is 0.494 e. The summed E-state index contributed by atoms with van der Waals surface area (Å²) >= 11 is 6.52. The summed E-state index contributed by atoms with van der Waals surface area (Å²) < 4.78 is 11.1. The minimum atomic E-state index is -0.330. The molecule has 27 heavy (non-hydrogen) atoms. The summed E-state index contributed by atoms with van der Waals surface area (Å²) in [6.07, 6.45) is 2.95. The van der Waals surface area contributed by atoms with Crippen LogP contribution < -0.4 is 4.74 Å². The molecule has 5 nitrogen and oxygen atoms in total. The lowest BCUT2D eigenvalue weighted by Gasteiger charge is -2.13. The number of nitrogens with zero attached hydrogens (tertiary/aromatic N) is 1. The Hall–Kier alpha value is -1.86. The maximum Gasteiger partial charge on any atom is 0.307 e. The van der Waals surface area contributed by atoms with Gasteiger partial charge in [-0.15, -0.1) is 0 Å². The number of benzene rings is 1. The van der Waals surface area contributed by atoms with Gasteiger partial charge in [0, 0.05) is 6.54 Å². The Morgan fingerprint density at radius 2 is 2.00 bits per heavy atom. The highest BCUT2D eigenvalue weighted by Crippen LogP contribution is 2.32. The lowest BCUT2D eigenvalue weighted by molar-refractivity contribution is -0.143. The summed E-state index contributed by atoms with van der Waals surface area (Å²) in [6.45, 7) is 7.33. The molecule has 0 aromatic heterocycles. The maximum atomic E-state index is 12.5. The SMILES string of the molecule is CCOC(=O)CCN1C(=O)/C(=C\c2ccc(OCCC(C)C)cc2)SC1=S. The Kier molecular flexibility index (Phi) is 8.31. The fourth-order valence-electron chi connectivity index (χ4n) is 2.35. The van der Waals surface area contributed by atoms with Gasteiger partial charge in [-0.05, 0) is 43.0 Å². The minimum absolute atomic E-state index is 0.135. The summed E-state index contributed by atoms with van der Waals surface area (Å²) in [5.41, 5.74) is 0.900. The van der Waals surface area contributed by atoms with Crippen molar-refractivity contribution in [2.45, 2.75) is 33.6 Å². The zero-order chi connectivity index (χ0) is 19.8. The van der Waals surface area contributed by atoms with E-state index in [0.717, 1.165) is 17.7 Å². The zero-order valence-electron chi connectivity index (χ0n) is 15.9. The van der Waals surface area contributed by atoms with E-state index in [1.54, 1.807) is 6.92 Å². The van der Waals surface area contributed by atoms with Gasteiger partial charge in [0.15, 0.2) is 0 Å². The molecule has 2 rings (SSSR count). The second-order valence-electron chi connectivity index (χ2n) is 6.49. The van der Waals surface area contributed by atoms with Gasteiger partial charge in [0.25, 0.3) is 5.91 Å². The van der Waals surface area contributed by atoms with E-state index >= 15 is 0 Å². The standard InChI is InChI=1S/C20H25NO4S2/c1-4-24-18(22)9-11-21-19(23)17(27-20(21)26)13-15-5-7-16(8-6-15)25-12-10-14(2)3/h5-8,13-14H,4,9-12H2,1-3H3/b17-13+. The fraction of sp³-hybridized carbons (Fsp3) is 0.450.